The second-order valence-electron chi connectivity index (χ2n) is 8.49. The van der Waals surface area contributed by atoms with E-state index >= 15 is 0 Å². The zero-order valence-electron chi connectivity index (χ0n) is 17.8. The third-order valence-corrected chi connectivity index (χ3v) is 8.12. The minimum absolute atomic E-state index is 0.0318. The number of hydrogen-bond acceptors (Lipinski definition) is 4. The van der Waals surface area contributed by atoms with Crippen LogP contribution >= 0.6 is 11.8 Å². The van der Waals surface area contributed by atoms with Crippen LogP contribution in [-0.2, 0) is 21.0 Å². The summed E-state index contributed by atoms with van der Waals surface area (Å²) in [6.45, 7) is 0.588. The quantitative estimate of drug-likeness (QED) is 0.680. The van der Waals surface area contributed by atoms with Crippen LogP contribution in [0.15, 0.2) is 36.4 Å². The van der Waals surface area contributed by atoms with Crippen molar-refractivity contribution in [3.05, 3.63) is 59.2 Å². The number of carbonyl (C=O) groups excluding carboxylic acids is 2. The van der Waals surface area contributed by atoms with E-state index in [2.05, 4.69) is 0 Å². The Kier molecular flexibility index (Phi) is 5.35. The lowest BCUT2D eigenvalue weighted by Gasteiger charge is -2.35. The molecule has 0 aromatic heterocycles. The molecule has 0 bridgehead atoms. The smallest absolute Gasteiger partial charge is 0.268 e. The Hall–Kier alpha value is -2.61. The van der Waals surface area contributed by atoms with E-state index in [1.807, 2.05) is 6.07 Å². The summed E-state index contributed by atoms with van der Waals surface area (Å²) >= 11 is 1.46. The number of thioether (sulfide) groups is 1. The molecule has 2 aromatic rings. The maximum atomic E-state index is 14.0. The summed E-state index contributed by atoms with van der Waals surface area (Å²) in [6, 6.07) is 9.05. The van der Waals surface area contributed by atoms with Gasteiger partial charge >= 0.3 is 0 Å². The van der Waals surface area contributed by atoms with Crippen molar-refractivity contribution in [1.29, 1.82) is 0 Å². The number of hydrogen-bond donors (Lipinski definition) is 0. The van der Waals surface area contributed by atoms with Crippen LogP contribution in [0.1, 0.15) is 36.8 Å². The van der Waals surface area contributed by atoms with Gasteiger partial charge in [0.1, 0.15) is 5.75 Å². The predicted molar refractivity (Wildman–Crippen MR) is 118 cm³/mol. The summed E-state index contributed by atoms with van der Waals surface area (Å²) in [4.78, 5) is 29.6. The number of rotatable bonds is 4. The number of halogens is 2. The van der Waals surface area contributed by atoms with Gasteiger partial charge in [-0.25, -0.2) is 8.78 Å². The Bertz CT molecular complexity index is 1090. The standard InChI is InChI=1S/C24H24F2N2O3S/c1-31-17-7-9-21-18(13-17)24(28(10-11-32-24)22(29)16-4-2-3-5-16)23(30)27(21)14-15-6-8-19(25)20(26)12-15/h6-9,12-13,16H,2-5,10-11,14H2,1H3/t24-/m1/s1. The molecule has 5 rings (SSSR count). The first-order chi connectivity index (χ1) is 15.5. The van der Waals surface area contributed by atoms with Crippen LogP contribution in [0.2, 0.25) is 0 Å². The Morgan fingerprint density at radius 1 is 1.16 bits per heavy atom. The van der Waals surface area contributed by atoms with Gasteiger partial charge in [0.2, 0.25) is 5.91 Å². The van der Waals surface area contributed by atoms with Crippen LogP contribution in [0.3, 0.4) is 0 Å². The fraction of sp³-hybridized carbons (Fsp3) is 0.417. The van der Waals surface area contributed by atoms with Crippen molar-refractivity contribution in [3.8, 4) is 5.75 Å². The van der Waals surface area contributed by atoms with E-state index in [4.69, 9.17) is 4.74 Å². The highest BCUT2D eigenvalue weighted by Crippen LogP contribution is 2.55. The molecule has 1 saturated carbocycles. The molecular weight excluding hydrogens is 434 g/mol. The molecule has 168 valence electrons. The molecule has 1 spiro atoms. The molecule has 32 heavy (non-hydrogen) atoms. The molecular formula is C24H24F2N2O3S. The van der Waals surface area contributed by atoms with Gasteiger partial charge in [-0.2, -0.15) is 0 Å². The molecule has 1 atom stereocenters. The van der Waals surface area contributed by atoms with E-state index in [0.717, 1.165) is 43.4 Å². The third kappa shape index (κ3) is 3.18. The molecule has 0 N–H and O–H groups in total. The molecule has 2 amide bonds. The van der Waals surface area contributed by atoms with Crippen molar-refractivity contribution in [2.24, 2.45) is 5.92 Å². The maximum absolute atomic E-state index is 14.0. The Morgan fingerprint density at radius 3 is 2.66 bits per heavy atom. The molecule has 2 fully saturated rings. The summed E-state index contributed by atoms with van der Waals surface area (Å²) < 4.78 is 32.7. The van der Waals surface area contributed by atoms with Gasteiger partial charge in [-0.3, -0.25) is 9.59 Å². The van der Waals surface area contributed by atoms with E-state index in [0.29, 0.717) is 29.3 Å². The summed E-state index contributed by atoms with van der Waals surface area (Å²) in [5, 5.41) is 0. The number of ether oxygens (including phenoxy) is 1. The van der Waals surface area contributed by atoms with Crippen molar-refractivity contribution < 1.29 is 23.1 Å². The average Bonchev–Trinajstić information content (AvgIpc) is 3.53. The first kappa shape index (κ1) is 21.2. The Balaban J connectivity index is 1.58. The number of methoxy groups -OCH3 is 1. The highest BCUT2D eigenvalue weighted by atomic mass is 32.2. The molecule has 2 aromatic carbocycles. The molecule has 0 radical (unpaired) electrons. The first-order valence-corrected chi connectivity index (χ1v) is 11.8. The molecule has 0 unspecified atom stereocenters. The highest BCUT2D eigenvalue weighted by Gasteiger charge is 2.60. The van der Waals surface area contributed by atoms with Gasteiger partial charge in [-0.15, -0.1) is 11.8 Å². The molecule has 8 heteroatoms. The third-order valence-electron chi connectivity index (χ3n) is 6.70. The van der Waals surface area contributed by atoms with Crippen molar-refractivity contribution in [3.63, 3.8) is 0 Å². The summed E-state index contributed by atoms with van der Waals surface area (Å²) in [6.07, 6.45) is 3.78. The van der Waals surface area contributed by atoms with Gasteiger partial charge < -0.3 is 14.5 Å². The minimum Gasteiger partial charge on any atom is -0.497 e. The number of amides is 2. The second-order valence-corrected chi connectivity index (χ2v) is 9.77. The van der Waals surface area contributed by atoms with Crippen LogP contribution in [0, 0.1) is 17.6 Å². The summed E-state index contributed by atoms with van der Waals surface area (Å²) in [5.41, 5.74) is 1.87. The molecule has 3 aliphatic rings. The van der Waals surface area contributed by atoms with Gasteiger partial charge in [0.25, 0.3) is 5.91 Å². The summed E-state index contributed by atoms with van der Waals surface area (Å²) in [7, 11) is 1.56. The van der Waals surface area contributed by atoms with Gasteiger partial charge in [0, 0.05) is 23.8 Å². The normalized spacial score (nSPS) is 22.8. The largest absolute Gasteiger partial charge is 0.497 e. The summed E-state index contributed by atoms with van der Waals surface area (Å²) in [5.74, 6) is -0.864. The fourth-order valence-electron chi connectivity index (χ4n) is 5.11. The lowest BCUT2D eigenvalue weighted by atomic mass is 10.0. The zero-order valence-corrected chi connectivity index (χ0v) is 18.6. The van der Waals surface area contributed by atoms with E-state index in [9.17, 15) is 18.4 Å². The van der Waals surface area contributed by atoms with Crippen LogP contribution in [-0.4, -0.2) is 36.1 Å². The number of anilines is 1. The van der Waals surface area contributed by atoms with Gasteiger partial charge in [-0.05, 0) is 48.7 Å². The monoisotopic (exact) mass is 458 g/mol. The average molecular weight is 459 g/mol. The molecule has 2 aliphatic heterocycles. The number of carbonyl (C=O) groups is 2. The van der Waals surface area contributed by atoms with E-state index in [1.165, 1.54) is 17.8 Å². The van der Waals surface area contributed by atoms with Gasteiger partial charge in [-0.1, -0.05) is 18.9 Å². The van der Waals surface area contributed by atoms with Crippen molar-refractivity contribution in [2.75, 3.05) is 24.3 Å². The number of fused-ring (bicyclic) bond motifs is 2. The number of benzene rings is 2. The lowest BCUT2D eigenvalue weighted by Crippen LogP contribution is -2.51. The van der Waals surface area contributed by atoms with Crippen molar-refractivity contribution >= 4 is 29.3 Å². The van der Waals surface area contributed by atoms with Crippen LogP contribution in [0.5, 0.6) is 5.75 Å². The molecule has 2 heterocycles. The second kappa shape index (κ2) is 8.06. The fourth-order valence-corrected chi connectivity index (χ4v) is 6.57. The van der Waals surface area contributed by atoms with E-state index in [1.54, 1.807) is 29.0 Å². The molecule has 1 aliphatic carbocycles. The van der Waals surface area contributed by atoms with Crippen LogP contribution in [0.25, 0.3) is 0 Å². The lowest BCUT2D eigenvalue weighted by molar-refractivity contribution is -0.143. The van der Waals surface area contributed by atoms with Crippen molar-refractivity contribution in [1.82, 2.24) is 4.90 Å². The predicted octanol–water partition coefficient (Wildman–Crippen LogP) is 4.44. The molecule has 5 nitrogen and oxygen atoms in total. The van der Waals surface area contributed by atoms with Crippen LogP contribution < -0.4 is 9.64 Å². The minimum atomic E-state index is -1.15. The first-order valence-electron chi connectivity index (χ1n) is 10.9. The van der Waals surface area contributed by atoms with E-state index < -0.39 is 16.5 Å². The highest BCUT2D eigenvalue weighted by molar-refractivity contribution is 8.01. The Morgan fingerprint density at radius 2 is 1.94 bits per heavy atom. The van der Waals surface area contributed by atoms with Crippen molar-refractivity contribution in [2.45, 2.75) is 37.1 Å². The molecule has 1 saturated heterocycles. The van der Waals surface area contributed by atoms with Crippen LogP contribution in [0.4, 0.5) is 14.5 Å². The zero-order chi connectivity index (χ0) is 22.5. The van der Waals surface area contributed by atoms with Gasteiger partial charge in [0.05, 0.1) is 19.3 Å². The topological polar surface area (TPSA) is 49.9 Å². The SMILES string of the molecule is COc1ccc2c(c1)[C@@]1(SCCN1C(=O)C1CCCC1)C(=O)N2Cc1ccc(F)c(F)c1. The maximum Gasteiger partial charge on any atom is 0.268 e. The Labute approximate surface area is 189 Å². The number of nitrogens with zero attached hydrogens (tertiary/aromatic N) is 2. The van der Waals surface area contributed by atoms with Gasteiger partial charge in [0.15, 0.2) is 16.5 Å². The van der Waals surface area contributed by atoms with E-state index in [-0.39, 0.29) is 24.3 Å².